The molecule has 0 aliphatic carbocycles. The Balaban J connectivity index is 1.86. The van der Waals surface area contributed by atoms with E-state index in [0.29, 0.717) is 19.8 Å². The molecule has 0 unspecified atom stereocenters. The fourth-order valence-electron chi connectivity index (χ4n) is 2.90. The Kier molecular flexibility index (Phi) is 4.71. The highest BCUT2D eigenvalue weighted by Gasteiger charge is 2.33. The zero-order chi connectivity index (χ0) is 18.0. The average Bonchev–Trinajstić information content (AvgIpc) is 2.99. The molecule has 8 heteroatoms. The van der Waals surface area contributed by atoms with Gasteiger partial charge in [-0.05, 0) is 30.3 Å². The Hall–Kier alpha value is -2.48. The van der Waals surface area contributed by atoms with Crippen molar-refractivity contribution in [3.05, 3.63) is 53.9 Å². The number of alkyl halides is 3. The van der Waals surface area contributed by atoms with Crippen molar-refractivity contribution in [2.75, 3.05) is 19.8 Å². The van der Waals surface area contributed by atoms with E-state index < -0.39 is 12.1 Å². The molecule has 1 aromatic carbocycles. The summed E-state index contributed by atoms with van der Waals surface area (Å²) < 4.78 is 48.4. The van der Waals surface area contributed by atoms with Crippen molar-refractivity contribution in [2.45, 2.75) is 12.4 Å². The second kappa shape index (κ2) is 6.79. The van der Waals surface area contributed by atoms with Crippen LogP contribution in [0.1, 0.15) is 22.1 Å². The predicted octanol–water partition coefficient (Wildman–Crippen LogP) is 3.14. The first-order chi connectivity index (χ1) is 11.8. The largest absolute Gasteiger partial charge is 0.573 e. The van der Waals surface area contributed by atoms with E-state index in [1.54, 1.807) is 4.90 Å². The van der Waals surface area contributed by atoms with Gasteiger partial charge in [0.25, 0.3) is 5.91 Å². The third-order valence-electron chi connectivity index (χ3n) is 4.03. The number of aryl methyl sites for hydroxylation is 1. The molecular weight excluding hydrogens is 337 g/mol. The Morgan fingerprint density at radius 2 is 2.08 bits per heavy atom. The van der Waals surface area contributed by atoms with Gasteiger partial charge in [0.1, 0.15) is 5.75 Å². The van der Waals surface area contributed by atoms with E-state index in [-0.39, 0.29) is 17.5 Å². The molecule has 0 N–H and O–H groups in total. The Bertz CT molecular complexity index is 758. The number of nitrogens with zero attached hydrogens (tertiary/aromatic N) is 2. The molecule has 1 fully saturated rings. The van der Waals surface area contributed by atoms with Crippen LogP contribution in [0.4, 0.5) is 13.2 Å². The van der Waals surface area contributed by atoms with E-state index in [9.17, 15) is 18.0 Å². The summed E-state index contributed by atoms with van der Waals surface area (Å²) in [4.78, 5) is 14.5. The van der Waals surface area contributed by atoms with Gasteiger partial charge < -0.3 is 18.9 Å². The molecule has 2 aromatic rings. The van der Waals surface area contributed by atoms with Gasteiger partial charge in [-0.1, -0.05) is 6.07 Å². The third kappa shape index (κ3) is 3.96. The molecule has 1 aromatic heterocycles. The second-order valence-corrected chi connectivity index (χ2v) is 5.71. The summed E-state index contributed by atoms with van der Waals surface area (Å²) in [6.07, 6.45) is -2.93. The van der Waals surface area contributed by atoms with Crippen LogP contribution in [-0.4, -0.2) is 41.5 Å². The van der Waals surface area contributed by atoms with E-state index in [4.69, 9.17) is 4.74 Å². The van der Waals surface area contributed by atoms with Gasteiger partial charge in [0.15, 0.2) is 0 Å². The first-order valence-electron chi connectivity index (χ1n) is 7.71. The van der Waals surface area contributed by atoms with Crippen molar-refractivity contribution in [1.29, 1.82) is 0 Å². The number of hydrogen-bond acceptors (Lipinski definition) is 3. The minimum atomic E-state index is -4.80. The number of benzene rings is 1. The molecule has 1 atom stereocenters. The standard InChI is InChI=1S/C17H17F3N2O3/c1-21-7-3-6-14(21)15-11-24-9-8-22(15)16(23)12-4-2-5-13(10-12)25-17(18,19)20/h2-7,10,15H,8-9,11H2,1H3/t15-/m0/s1. The van der Waals surface area contributed by atoms with Gasteiger partial charge in [-0.15, -0.1) is 13.2 Å². The summed E-state index contributed by atoms with van der Waals surface area (Å²) in [5.41, 5.74) is 1.04. The lowest BCUT2D eigenvalue weighted by atomic mass is 10.1. The van der Waals surface area contributed by atoms with Crippen molar-refractivity contribution in [1.82, 2.24) is 9.47 Å². The topological polar surface area (TPSA) is 43.7 Å². The first kappa shape index (κ1) is 17.3. The van der Waals surface area contributed by atoms with Gasteiger partial charge in [-0.2, -0.15) is 0 Å². The molecule has 2 heterocycles. The summed E-state index contributed by atoms with van der Waals surface area (Å²) in [6, 6.07) is 8.57. The molecule has 1 amide bonds. The highest BCUT2D eigenvalue weighted by Crippen LogP contribution is 2.28. The molecule has 25 heavy (non-hydrogen) atoms. The number of ether oxygens (including phenoxy) is 2. The molecule has 0 saturated carbocycles. The van der Waals surface area contributed by atoms with Crippen LogP contribution < -0.4 is 4.74 Å². The van der Waals surface area contributed by atoms with Crippen LogP contribution in [0.25, 0.3) is 0 Å². The van der Waals surface area contributed by atoms with Crippen LogP contribution in [0.2, 0.25) is 0 Å². The van der Waals surface area contributed by atoms with Gasteiger partial charge in [0.05, 0.1) is 19.3 Å². The zero-order valence-electron chi connectivity index (χ0n) is 13.5. The number of amides is 1. The maximum Gasteiger partial charge on any atom is 0.573 e. The summed E-state index contributed by atoms with van der Waals surface area (Å²) >= 11 is 0. The number of carbonyl (C=O) groups excluding carboxylic acids is 1. The van der Waals surface area contributed by atoms with E-state index in [2.05, 4.69) is 4.74 Å². The highest BCUT2D eigenvalue weighted by atomic mass is 19.4. The molecule has 0 bridgehead atoms. The maximum atomic E-state index is 12.9. The van der Waals surface area contributed by atoms with Crippen molar-refractivity contribution in [2.24, 2.45) is 7.05 Å². The van der Waals surface area contributed by atoms with E-state index >= 15 is 0 Å². The summed E-state index contributed by atoms with van der Waals surface area (Å²) in [5.74, 6) is -0.774. The van der Waals surface area contributed by atoms with Gasteiger partial charge in [-0.3, -0.25) is 4.79 Å². The number of hydrogen-bond donors (Lipinski definition) is 0. The van der Waals surface area contributed by atoms with E-state index in [0.717, 1.165) is 17.8 Å². The molecule has 0 radical (unpaired) electrons. The molecular formula is C17H17F3N2O3. The van der Waals surface area contributed by atoms with Crippen molar-refractivity contribution in [3.8, 4) is 5.75 Å². The highest BCUT2D eigenvalue weighted by molar-refractivity contribution is 5.95. The smallest absolute Gasteiger partial charge is 0.406 e. The van der Waals surface area contributed by atoms with Gasteiger partial charge in [0, 0.05) is 31.0 Å². The number of carbonyl (C=O) groups is 1. The Morgan fingerprint density at radius 3 is 2.76 bits per heavy atom. The molecule has 1 aliphatic heterocycles. The minimum Gasteiger partial charge on any atom is -0.406 e. The van der Waals surface area contributed by atoms with Crippen LogP contribution in [0.15, 0.2) is 42.6 Å². The number of halogens is 3. The second-order valence-electron chi connectivity index (χ2n) is 5.71. The Morgan fingerprint density at radius 1 is 1.28 bits per heavy atom. The first-order valence-corrected chi connectivity index (χ1v) is 7.71. The van der Waals surface area contributed by atoms with Gasteiger partial charge in [0.2, 0.25) is 0 Å². The van der Waals surface area contributed by atoms with Crippen LogP contribution in [0.3, 0.4) is 0 Å². The summed E-state index contributed by atoms with van der Waals surface area (Å²) in [7, 11) is 1.87. The molecule has 0 spiro atoms. The monoisotopic (exact) mass is 354 g/mol. The summed E-state index contributed by atoms with van der Waals surface area (Å²) in [6.45, 7) is 1.08. The van der Waals surface area contributed by atoms with Crippen LogP contribution in [0, 0.1) is 0 Å². The van der Waals surface area contributed by atoms with Crippen LogP contribution >= 0.6 is 0 Å². The fourth-order valence-corrected chi connectivity index (χ4v) is 2.90. The molecule has 134 valence electrons. The van der Waals surface area contributed by atoms with E-state index in [1.807, 2.05) is 29.9 Å². The van der Waals surface area contributed by atoms with Crippen LogP contribution in [0.5, 0.6) is 5.75 Å². The minimum absolute atomic E-state index is 0.142. The zero-order valence-corrected chi connectivity index (χ0v) is 13.5. The number of aromatic nitrogens is 1. The van der Waals surface area contributed by atoms with Gasteiger partial charge in [-0.25, -0.2) is 0 Å². The molecule has 3 rings (SSSR count). The quantitative estimate of drug-likeness (QED) is 0.851. The van der Waals surface area contributed by atoms with Crippen molar-refractivity contribution in [3.63, 3.8) is 0 Å². The van der Waals surface area contributed by atoms with Gasteiger partial charge >= 0.3 is 6.36 Å². The number of rotatable bonds is 3. The Labute approximate surface area is 142 Å². The summed E-state index contributed by atoms with van der Waals surface area (Å²) in [5, 5.41) is 0. The average molecular weight is 354 g/mol. The maximum absolute atomic E-state index is 12.9. The predicted molar refractivity (Wildman–Crippen MR) is 83.1 cm³/mol. The third-order valence-corrected chi connectivity index (χ3v) is 4.03. The lowest BCUT2D eigenvalue weighted by molar-refractivity contribution is -0.274. The fraction of sp³-hybridized carbons (Fsp3) is 0.353. The lowest BCUT2D eigenvalue weighted by Gasteiger charge is -2.36. The lowest BCUT2D eigenvalue weighted by Crippen LogP contribution is -2.44. The molecule has 1 saturated heterocycles. The normalized spacial score (nSPS) is 18.2. The van der Waals surface area contributed by atoms with Crippen molar-refractivity contribution < 1.29 is 27.4 Å². The molecule has 1 aliphatic rings. The SMILES string of the molecule is Cn1cccc1[C@@H]1COCCN1C(=O)c1cccc(OC(F)(F)F)c1. The number of morpholine rings is 1. The van der Waals surface area contributed by atoms with E-state index in [1.165, 1.54) is 12.1 Å². The van der Waals surface area contributed by atoms with Crippen LogP contribution in [-0.2, 0) is 11.8 Å². The molecule has 5 nitrogen and oxygen atoms in total. The van der Waals surface area contributed by atoms with Crippen molar-refractivity contribution >= 4 is 5.91 Å².